The van der Waals surface area contributed by atoms with Crippen molar-refractivity contribution in [3.63, 3.8) is 0 Å². The lowest BCUT2D eigenvalue weighted by atomic mass is 10.1. The second-order valence-electron chi connectivity index (χ2n) is 2.83. The highest BCUT2D eigenvalue weighted by Crippen LogP contribution is 2.31. The SMILES string of the molecule is N#CCC#Cc1ccc(F)c(C(F)(F)F)c1. The second kappa shape index (κ2) is 4.67. The minimum absolute atomic E-state index is 0.0315. The number of rotatable bonds is 0. The molecular weight excluding hydrogens is 222 g/mol. The van der Waals surface area contributed by atoms with Crippen molar-refractivity contribution < 1.29 is 17.6 Å². The third-order valence-electron chi connectivity index (χ3n) is 1.67. The Labute approximate surface area is 89.3 Å². The molecule has 0 heterocycles. The first kappa shape index (κ1) is 12.1. The van der Waals surface area contributed by atoms with Crippen molar-refractivity contribution >= 4 is 0 Å². The lowest BCUT2D eigenvalue weighted by molar-refractivity contribution is -0.140. The first-order valence-electron chi connectivity index (χ1n) is 4.17. The van der Waals surface area contributed by atoms with Crippen molar-refractivity contribution in [1.29, 1.82) is 5.26 Å². The molecule has 1 aromatic rings. The average Bonchev–Trinajstić information content (AvgIpc) is 2.19. The summed E-state index contributed by atoms with van der Waals surface area (Å²) in [6, 6.07) is 4.19. The Bertz CT molecular complexity index is 485. The molecule has 0 unspecified atom stereocenters. The summed E-state index contributed by atoms with van der Waals surface area (Å²) in [7, 11) is 0. The van der Waals surface area contributed by atoms with Gasteiger partial charge >= 0.3 is 6.18 Å². The first-order valence-corrected chi connectivity index (χ1v) is 4.17. The Morgan fingerprint density at radius 3 is 2.50 bits per heavy atom. The Hall–Kier alpha value is -2.01. The zero-order valence-electron chi connectivity index (χ0n) is 7.90. The van der Waals surface area contributed by atoms with Crippen molar-refractivity contribution in [3.8, 4) is 17.9 Å². The van der Waals surface area contributed by atoms with E-state index in [-0.39, 0.29) is 12.0 Å². The fourth-order valence-corrected chi connectivity index (χ4v) is 1.01. The fourth-order valence-electron chi connectivity index (χ4n) is 1.01. The molecule has 0 saturated carbocycles. The Morgan fingerprint density at radius 1 is 1.25 bits per heavy atom. The predicted octanol–water partition coefficient (Wildman–Crippen LogP) is 3.11. The Balaban J connectivity index is 3.11. The van der Waals surface area contributed by atoms with Gasteiger partial charge in [0.25, 0.3) is 0 Å². The van der Waals surface area contributed by atoms with E-state index in [1.54, 1.807) is 6.07 Å². The average molecular weight is 227 g/mol. The summed E-state index contributed by atoms with van der Waals surface area (Å²) in [5.74, 6) is 3.36. The van der Waals surface area contributed by atoms with Crippen LogP contribution in [0, 0.1) is 29.0 Å². The molecule has 0 spiro atoms. The number of alkyl halides is 3. The molecule has 0 aliphatic rings. The normalized spacial score (nSPS) is 10.2. The van der Waals surface area contributed by atoms with Crippen LogP contribution in [0.25, 0.3) is 0 Å². The molecule has 0 N–H and O–H groups in total. The molecule has 1 rings (SSSR count). The van der Waals surface area contributed by atoms with Gasteiger partial charge in [0.05, 0.1) is 18.1 Å². The van der Waals surface area contributed by atoms with E-state index in [4.69, 9.17) is 5.26 Å². The minimum Gasteiger partial charge on any atom is -0.206 e. The summed E-state index contributed by atoms with van der Waals surface area (Å²) in [5, 5.41) is 8.18. The van der Waals surface area contributed by atoms with Crippen molar-refractivity contribution in [2.24, 2.45) is 0 Å². The van der Waals surface area contributed by atoms with E-state index < -0.39 is 17.6 Å². The van der Waals surface area contributed by atoms with Gasteiger partial charge in [-0.3, -0.25) is 0 Å². The molecule has 5 heteroatoms. The summed E-state index contributed by atoms with van der Waals surface area (Å²) in [6.07, 6.45) is -4.82. The van der Waals surface area contributed by atoms with Gasteiger partial charge in [0.15, 0.2) is 0 Å². The van der Waals surface area contributed by atoms with Gasteiger partial charge in [-0.05, 0) is 18.2 Å². The monoisotopic (exact) mass is 227 g/mol. The van der Waals surface area contributed by atoms with E-state index in [9.17, 15) is 17.6 Å². The van der Waals surface area contributed by atoms with Gasteiger partial charge in [-0.25, -0.2) is 4.39 Å². The summed E-state index contributed by atoms with van der Waals surface area (Å²) in [6.45, 7) is 0. The number of nitriles is 1. The van der Waals surface area contributed by atoms with Gasteiger partial charge in [0.1, 0.15) is 5.82 Å². The fraction of sp³-hybridized carbons (Fsp3) is 0.182. The molecule has 16 heavy (non-hydrogen) atoms. The maximum Gasteiger partial charge on any atom is 0.419 e. The third kappa shape index (κ3) is 2.99. The summed E-state index contributed by atoms with van der Waals surface area (Å²) in [5.41, 5.74) is -1.32. The molecule has 0 bridgehead atoms. The molecule has 0 atom stereocenters. The van der Waals surface area contributed by atoms with E-state index in [2.05, 4.69) is 11.8 Å². The summed E-state index contributed by atoms with van der Waals surface area (Å²) >= 11 is 0. The maximum absolute atomic E-state index is 12.8. The maximum atomic E-state index is 12.8. The minimum atomic E-state index is -4.74. The summed E-state index contributed by atoms with van der Waals surface area (Å²) in [4.78, 5) is 0. The van der Waals surface area contributed by atoms with Crippen LogP contribution in [0.1, 0.15) is 17.5 Å². The molecule has 0 fully saturated rings. The van der Waals surface area contributed by atoms with E-state index in [0.29, 0.717) is 12.1 Å². The van der Waals surface area contributed by atoms with Crippen LogP contribution < -0.4 is 0 Å². The number of hydrogen-bond acceptors (Lipinski definition) is 1. The Morgan fingerprint density at radius 2 is 1.94 bits per heavy atom. The smallest absolute Gasteiger partial charge is 0.206 e. The topological polar surface area (TPSA) is 23.8 Å². The number of nitrogens with zero attached hydrogens (tertiary/aromatic N) is 1. The number of halogens is 4. The highest BCUT2D eigenvalue weighted by atomic mass is 19.4. The van der Waals surface area contributed by atoms with E-state index in [1.807, 2.05) is 0 Å². The van der Waals surface area contributed by atoms with Gasteiger partial charge in [-0.15, -0.1) is 0 Å². The standard InChI is InChI=1S/C11H5F4N/c12-10-5-4-8(3-1-2-6-16)7-9(10)11(13,14)15/h4-5,7H,2H2. The molecule has 0 aliphatic carbocycles. The molecule has 1 aromatic carbocycles. The van der Waals surface area contributed by atoms with Crippen LogP contribution in [-0.2, 0) is 6.18 Å². The lowest BCUT2D eigenvalue weighted by Gasteiger charge is -2.07. The largest absolute Gasteiger partial charge is 0.419 e. The molecule has 0 aromatic heterocycles. The van der Waals surface area contributed by atoms with Gasteiger partial charge in [-0.1, -0.05) is 11.8 Å². The second-order valence-corrected chi connectivity index (χ2v) is 2.83. The zero-order chi connectivity index (χ0) is 12.2. The van der Waals surface area contributed by atoms with Crippen molar-refractivity contribution in [1.82, 2.24) is 0 Å². The lowest BCUT2D eigenvalue weighted by Crippen LogP contribution is -2.08. The van der Waals surface area contributed by atoms with Crippen LogP contribution in [0.15, 0.2) is 18.2 Å². The number of hydrogen-bond donors (Lipinski definition) is 0. The van der Waals surface area contributed by atoms with Crippen LogP contribution in [0.4, 0.5) is 17.6 Å². The van der Waals surface area contributed by atoms with Crippen molar-refractivity contribution in [3.05, 3.63) is 35.1 Å². The summed E-state index contributed by atoms with van der Waals surface area (Å²) < 4.78 is 49.7. The number of benzene rings is 1. The van der Waals surface area contributed by atoms with Gasteiger partial charge in [0.2, 0.25) is 0 Å². The van der Waals surface area contributed by atoms with E-state index >= 15 is 0 Å². The highest BCUT2D eigenvalue weighted by molar-refractivity contribution is 5.39. The van der Waals surface area contributed by atoms with Gasteiger partial charge < -0.3 is 0 Å². The van der Waals surface area contributed by atoms with Gasteiger partial charge in [0, 0.05) is 5.56 Å². The molecular formula is C11H5F4N. The van der Waals surface area contributed by atoms with Crippen molar-refractivity contribution in [2.75, 3.05) is 0 Å². The third-order valence-corrected chi connectivity index (χ3v) is 1.67. The molecule has 0 aliphatic heterocycles. The van der Waals surface area contributed by atoms with Gasteiger partial charge in [-0.2, -0.15) is 18.4 Å². The van der Waals surface area contributed by atoms with Crippen LogP contribution in [0.2, 0.25) is 0 Å². The van der Waals surface area contributed by atoms with E-state index in [1.165, 1.54) is 0 Å². The molecule has 0 amide bonds. The van der Waals surface area contributed by atoms with Crippen LogP contribution >= 0.6 is 0 Å². The van der Waals surface area contributed by atoms with Crippen LogP contribution in [-0.4, -0.2) is 0 Å². The van der Waals surface area contributed by atoms with Crippen molar-refractivity contribution in [2.45, 2.75) is 12.6 Å². The molecule has 82 valence electrons. The Kier molecular flexibility index (Phi) is 3.52. The van der Waals surface area contributed by atoms with Crippen LogP contribution in [0.5, 0.6) is 0 Å². The quantitative estimate of drug-likeness (QED) is 0.493. The molecule has 0 radical (unpaired) electrons. The molecule has 0 saturated heterocycles. The zero-order valence-corrected chi connectivity index (χ0v) is 7.90. The highest BCUT2D eigenvalue weighted by Gasteiger charge is 2.34. The van der Waals surface area contributed by atoms with E-state index in [0.717, 1.165) is 6.07 Å². The first-order chi connectivity index (χ1) is 7.45. The predicted molar refractivity (Wildman–Crippen MR) is 48.5 cm³/mol. The molecule has 1 nitrogen and oxygen atoms in total. The van der Waals surface area contributed by atoms with Crippen LogP contribution in [0.3, 0.4) is 0 Å².